The third-order valence-electron chi connectivity index (χ3n) is 4.69. The highest BCUT2D eigenvalue weighted by molar-refractivity contribution is 5.90. The first-order valence-corrected chi connectivity index (χ1v) is 9.29. The molecule has 2 aromatic carbocycles. The van der Waals surface area contributed by atoms with Gasteiger partial charge in [0.25, 0.3) is 11.1 Å². The average Bonchev–Trinajstić information content (AvgIpc) is 3.15. The minimum atomic E-state index is -0.357. The van der Waals surface area contributed by atoms with E-state index in [1.165, 1.54) is 10.9 Å². The zero-order chi connectivity index (χ0) is 20.4. The van der Waals surface area contributed by atoms with Crippen molar-refractivity contribution in [1.82, 2.24) is 14.7 Å². The first-order valence-electron chi connectivity index (χ1n) is 9.29. The van der Waals surface area contributed by atoms with Crippen molar-refractivity contribution in [3.63, 3.8) is 0 Å². The molecule has 0 saturated carbocycles. The third-order valence-corrected chi connectivity index (χ3v) is 4.69. The third kappa shape index (κ3) is 3.94. The van der Waals surface area contributed by atoms with Crippen molar-refractivity contribution in [2.45, 2.75) is 26.8 Å². The fourth-order valence-corrected chi connectivity index (χ4v) is 3.00. The highest BCUT2D eigenvalue weighted by atomic mass is 16.5. The number of carbonyl (C=O) groups is 1. The quantitative estimate of drug-likeness (QED) is 0.563. The van der Waals surface area contributed by atoms with Crippen LogP contribution in [0.5, 0.6) is 0 Å². The van der Waals surface area contributed by atoms with Crippen molar-refractivity contribution in [2.24, 2.45) is 0 Å². The lowest BCUT2D eigenvalue weighted by atomic mass is 10.1. The molecule has 0 fully saturated rings. The number of hydrogen-bond acceptors (Lipinski definition) is 5. The Morgan fingerprint density at radius 1 is 1.03 bits per heavy atom. The lowest BCUT2D eigenvalue weighted by Crippen LogP contribution is -2.23. The summed E-state index contributed by atoms with van der Waals surface area (Å²) in [5, 5.41) is 6.84. The Kier molecular flexibility index (Phi) is 4.95. The average molecular weight is 388 g/mol. The van der Waals surface area contributed by atoms with Gasteiger partial charge < -0.3 is 9.84 Å². The molecule has 0 aliphatic heterocycles. The highest BCUT2D eigenvalue weighted by Gasteiger charge is 2.16. The van der Waals surface area contributed by atoms with Crippen LogP contribution in [-0.2, 0) is 11.3 Å². The number of fused-ring (bicyclic) bond motifs is 1. The Bertz CT molecular complexity index is 1220. The van der Waals surface area contributed by atoms with Crippen molar-refractivity contribution >= 4 is 22.7 Å². The molecule has 0 spiro atoms. The normalized spacial score (nSPS) is 11.0. The van der Waals surface area contributed by atoms with Crippen LogP contribution in [0.2, 0.25) is 0 Å². The zero-order valence-electron chi connectivity index (χ0n) is 16.2. The molecule has 1 N–H and O–H groups in total. The lowest BCUT2D eigenvalue weighted by Gasteiger charge is -2.07. The van der Waals surface area contributed by atoms with E-state index in [4.69, 9.17) is 4.52 Å². The molecule has 0 aliphatic carbocycles. The summed E-state index contributed by atoms with van der Waals surface area (Å²) in [6, 6.07) is 15.3. The second kappa shape index (κ2) is 7.71. The van der Waals surface area contributed by atoms with Gasteiger partial charge in [-0.1, -0.05) is 52.7 Å². The number of benzene rings is 2. The van der Waals surface area contributed by atoms with Gasteiger partial charge in [-0.15, -0.1) is 0 Å². The molecule has 7 nitrogen and oxygen atoms in total. The molecule has 146 valence electrons. The van der Waals surface area contributed by atoms with Gasteiger partial charge in [-0.3, -0.25) is 14.2 Å². The number of aryl methyl sites for hydroxylation is 3. The summed E-state index contributed by atoms with van der Waals surface area (Å²) < 4.78 is 6.63. The SMILES string of the molecule is Cc1ccc(NC(=O)CCn2cnc3c(-c4ccc(C)cc4)noc3c2=O)cc1. The van der Waals surface area contributed by atoms with Crippen LogP contribution in [0.1, 0.15) is 17.5 Å². The van der Waals surface area contributed by atoms with E-state index in [1.807, 2.05) is 62.4 Å². The first kappa shape index (κ1) is 18.6. The summed E-state index contributed by atoms with van der Waals surface area (Å²) in [7, 11) is 0. The molecule has 0 bridgehead atoms. The van der Waals surface area contributed by atoms with Crippen LogP contribution >= 0.6 is 0 Å². The van der Waals surface area contributed by atoms with Gasteiger partial charge in [0.1, 0.15) is 11.2 Å². The lowest BCUT2D eigenvalue weighted by molar-refractivity contribution is -0.116. The second-order valence-corrected chi connectivity index (χ2v) is 6.98. The Morgan fingerprint density at radius 2 is 1.69 bits per heavy atom. The Hall–Kier alpha value is -3.74. The molecule has 0 saturated heterocycles. The number of nitrogens with one attached hydrogen (secondary N) is 1. The van der Waals surface area contributed by atoms with Gasteiger partial charge in [0.15, 0.2) is 0 Å². The fraction of sp³-hybridized carbons (Fsp3) is 0.182. The maximum absolute atomic E-state index is 12.7. The van der Waals surface area contributed by atoms with E-state index >= 15 is 0 Å². The molecule has 0 unspecified atom stereocenters. The molecule has 4 rings (SSSR count). The van der Waals surface area contributed by atoms with E-state index in [0.717, 1.165) is 22.4 Å². The van der Waals surface area contributed by atoms with E-state index in [-0.39, 0.29) is 30.0 Å². The van der Waals surface area contributed by atoms with Crippen LogP contribution in [0.3, 0.4) is 0 Å². The molecule has 2 heterocycles. The molecular weight excluding hydrogens is 368 g/mol. The summed E-state index contributed by atoms with van der Waals surface area (Å²) >= 11 is 0. The van der Waals surface area contributed by atoms with Crippen LogP contribution in [-0.4, -0.2) is 20.6 Å². The molecule has 7 heteroatoms. The topological polar surface area (TPSA) is 90.0 Å². The summed E-state index contributed by atoms with van der Waals surface area (Å²) in [6.45, 7) is 4.17. The highest BCUT2D eigenvalue weighted by Crippen LogP contribution is 2.24. The van der Waals surface area contributed by atoms with Gasteiger partial charge >= 0.3 is 0 Å². The van der Waals surface area contributed by atoms with Crippen LogP contribution in [0, 0.1) is 13.8 Å². The van der Waals surface area contributed by atoms with Crippen LogP contribution in [0.15, 0.2) is 64.2 Å². The summed E-state index contributed by atoms with van der Waals surface area (Å²) in [5.74, 6) is -0.182. The molecule has 0 aliphatic rings. The van der Waals surface area contributed by atoms with Gasteiger partial charge in [0, 0.05) is 24.2 Å². The smallest absolute Gasteiger partial charge is 0.299 e. The minimum absolute atomic E-state index is 0.0852. The van der Waals surface area contributed by atoms with E-state index in [2.05, 4.69) is 15.5 Å². The van der Waals surface area contributed by atoms with E-state index in [9.17, 15) is 9.59 Å². The molecule has 29 heavy (non-hydrogen) atoms. The molecular formula is C22H20N4O3. The summed E-state index contributed by atoms with van der Waals surface area (Å²) in [6.07, 6.45) is 1.57. The van der Waals surface area contributed by atoms with Crippen molar-refractivity contribution < 1.29 is 9.32 Å². The largest absolute Gasteiger partial charge is 0.348 e. The van der Waals surface area contributed by atoms with Gasteiger partial charge in [0.2, 0.25) is 5.91 Å². The van der Waals surface area contributed by atoms with Crippen molar-refractivity contribution in [2.75, 3.05) is 5.32 Å². The van der Waals surface area contributed by atoms with Crippen molar-refractivity contribution in [3.05, 3.63) is 76.3 Å². The Labute approximate surface area is 167 Å². The predicted octanol–water partition coefficient (Wildman–Crippen LogP) is 3.70. The van der Waals surface area contributed by atoms with Crippen molar-refractivity contribution in [3.8, 4) is 11.3 Å². The van der Waals surface area contributed by atoms with Crippen LogP contribution in [0.25, 0.3) is 22.4 Å². The fourth-order valence-electron chi connectivity index (χ4n) is 3.00. The summed E-state index contributed by atoms with van der Waals surface area (Å²) in [5.41, 5.74) is 4.47. The minimum Gasteiger partial charge on any atom is -0.348 e. The van der Waals surface area contributed by atoms with E-state index in [1.54, 1.807) is 0 Å². The second-order valence-electron chi connectivity index (χ2n) is 6.98. The predicted molar refractivity (Wildman–Crippen MR) is 111 cm³/mol. The molecule has 2 aromatic heterocycles. The van der Waals surface area contributed by atoms with Crippen LogP contribution < -0.4 is 10.9 Å². The number of amides is 1. The number of anilines is 1. The van der Waals surface area contributed by atoms with Crippen molar-refractivity contribution in [1.29, 1.82) is 0 Å². The first-order chi connectivity index (χ1) is 14.0. The van der Waals surface area contributed by atoms with Gasteiger partial charge in [-0.25, -0.2) is 4.98 Å². The van der Waals surface area contributed by atoms with Gasteiger partial charge in [-0.2, -0.15) is 0 Å². The van der Waals surface area contributed by atoms with Crippen LogP contribution in [0.4, 0.5) is 5.69 Å². The monoisotopic (exact) mass is 388 g/mol. The number of nitrogens with zero attached hydrogens (tertiary/aromatic N) is 3. The standard InChI is InChI=1S/C22H20N4O3/c1-14-3-7-16(8-4-14)19-20-21(29-25-19)22(28)26(13-23-20)12-11-18(27)24-17-9-5-15(2)6-10-17/h3-10,13H,11-12H2,1-2H3,(H,24,27). The van der Waals surface area contributed by atoms with E-state index < -0.39 is 0 Å². The van der Waals surface area contributed by atoms with Gasteiger partial charge in [-0.05, 0) is 26.0 Å². The van der Waals surface area contributed by atoms with Gasteiger partial charge in [0.05, 0.1) is 6.33 Å². The Balaban J connectivity index is 1.51. The molecule has 4 aromatic rings. The molecule has 1 amide bonds. The zero-order valence-corrected chi connectivity index (χ0v) is 16.2. The maximum Gasteiger partial charge on any atom is 0.299 e. The molecule has 0 atom stereocenters. The Morgan fingerprint density at radius 3 is 2.38 bits per heavy atom. The number of rotatable bonds is 5. The molecule has 0 radical (unpaired) electrons. The number of aromatic nitrogens is 3. The van der Waals surface area contributed by atoms with E-state index in [0.29, 0.717) is 11.2 Å². The number of hydrogen-bond donors (Lipinski definition) is 1. The number of carbonyl (C=O) groups excluding carboxylic acids is 1. The summed E-state index contributed by atoms with van der Waals surface area (Å²) in [4.78, 5) is 29.2. The maximum atomic E-state index is 12.7.